The third-order valence-electron chi connectivity index (χ3n) is 4.46. The van der Waals surface area contributed by atoms with E-state index < -0.39 is 0 Å². The number of hydrogen-bond donors (Lipinski definition) is 2. The Hall–Kier alpha value is -2.67. The minimum absolute atomic E-state index is 0.0543. The quantitative estimate of drug-likeness (QED) is 0.710. The standard InChI is InChI=1S/C19H19FN4OS/c20-15-5-3-13(4-6-15)10-22-19-23-17(12-26-19)14-9-16(21-11-14)18(25)24-7-1-2-8-24/h3-6,9,11-12,21H,1-2,7-8,10H2,(H,22,23). The third kappa shape index (κ3) is 3.62. The Balaban J connectivity index is 1.41. The van der Waals surface area contributed by atoms with Crippen LogP contribution in [0.1, 0.15) is 28.9 Å². The molecule has 0 bridgehead atoms. The summed E-state index contributed by atoms with van der Waals surface area (Å²) < 4.78 is 12.9. The maximum absolute atomic E-state index is 12.9. The lowest BCUT2D eigenvalue weighted by atomic mass is 10.2. The number of nitrogens with one attached hydrogen (secondary N) is 2. The van der Waals surface area contributed by atoms with Gasteiger partial charge in [-0.25, -0.2) is 9.37 Å². The lowest BCUT2D eigenvalue weighted by Crippen LogP contribution is -2.27. The second-order valence-electron chi connectivity index (χ2n) is 6.32. The Morgan fingerprint density at radius 1 is 1.27 bits per heavy atom. The first kappa shape index (κ1) is 16.8. The van der Waals surface area contributed by atoms with Gasteiger partial charge >= 0.3 is 0 Å². The molecule has 1 aromatic carbocycles. The summed E-state index contributed by atoms with van der Waals surface area (Å²) in [7, 11) is 0. The molecule has 1 aliphatic heterocycles. The molecule has 3 aromatic rings. The van der Waals surface area contributed by atoms with Crippen LogP contribution in [0, 0.1) is 5.82 Å². The van der Waals surface area contributed by atoms with E-state index in [0.717, 1.165) is 47.9 Å². The van der Waals surface area contributed by atoms with Gasteiger partial charge in [0, 0.05) is 36.8 Å². The Morgan fingerprint density at radius 2 is 2.04 bits per heavy atom. The van der Waals surface area contributed by atoms with Crippen LogP contribution in [0.15, 0.2) is 41.9 Å². The minimum Gasteiger partial charge on any atom is -0.357 e. The monoisotopic (exact) mass is 370 g/mol. The van der Waals surface area contributed by atoms with Crippen LogP contribution in [0.3, 0.4) is 0 Å². The van der Waals surface area contributed by atoms with Crippen LogP contribution < -0.4 is 5.32 Å². The van der Waals surface area contributed by atoms with Crippen LogP contribution in [-0.4, -0.2) is 33.9 Å². The molecular formula is C19H19FN4OS. The highest BCUT2D eigenvalue weighted by molar-refractivity contribution is 7.14. The van der Waals surface area contributed by atoms with Gasteiger partial charge in [0.1, 0.15) is 11.5 Å². The normalized spacial score (nSPS) is 14.0. The molecule has 1 saturated heterocycles. The van der Waals surface area contributed by atoms with E-state index in [-0.39, 0.29) is 11.7 Å². The van der Waals surface area contributed by atoms with Gasteiger partial charge in [-0.2, -0.15) is 0 Å². The molecule has 4 rings (SSSR count). The fourth-order valence-electron chi connectivity index (χ4n) is 3.02. The number of amides is 1. The molecule has 0 saturated carbocycles. The predicted octanol–water partition coefficient (Wildman–Crippen LogP) is 4.13. The molecule has 1 aliphatic rings. The number of rotatable bonds is 5. The third-order valence-corrected chi connectivity index (χ3v) is 5.26. The number of likely N-dealkylation sites (tertiary alicyclic amines) is 1. The molecule has 1 fully saturated rings. The predicted molar refractivity (Wildman–Crippen MR) is 101 cm³/mol. The molecule has 0 atom stereocenters. The second kappa shape index (κ2) is 7.29. The number of aromatic nitrogens is 2. The number of H-pyrrole nitrogens is 1. The van der Waals surface area contributed by atoms with Crippen molar-refractivity contribution in [2.75, 3.05) is 18.4 Å². The summed E-state index contributed by atoms with van der Waals surface area (Å²) in [6, 6.07) is 8.25. The topological polar surface area (TPSA) is 61.0 Å². The molecule has 2 aromatic heterocycles. The van der Waals surface area contributed by atoms with Crippen LogP contribution in [0.5, 0.6) is 0 Å². The number of anilines is 1. The molecule has 0 aliphatic carbocycles. The lowest BCUT2D eigenvalue weighted by molar-refractivity contribution is 0.0788. The molecular weight excluding hydrogens is 351 g/mol. The van der Waals surface area contributed by atoms with Crippen LogP contribution in [0.2, 0.25) is 0 Å². The molecule has 0 radical (unpaired) electrons. The van der Waals surface area contributed by atoms with Crippen molar-refractivity contribution in [3.63, 3.8) is 0 Å². The van der Waals surface area contributed by atoms with E-state index in [1.165, 1.54) is 23.5 Å². The summed E-state index contributed by atoms with van der Waals surface area (Å²) in [5.74, 6) is -0.185. The molecule has 2 N–H and O–H groups in total. The first-order chi connectivity index (χ1) is 12.7. The Kier molecular flexibility index (Phi) is 4.71. The first-order valence-corrected chi connectivity index (χ1v) is 9.49. The molecule has 3 heterocycles. The zero-order valence-electron chi connectivity index (χ0n) is 14.2. The highest BCUT2D eigenvalue weighted by Gasteiger charge is 2.21. The molecule has 1 amide bonds. The number of hydrogen-bond acceptors (Lipinski definition) is 4. The van der Waals surface area contributed by atoms with Gasteiger partial charge in [-0.15, -0.1) is 11.3 Å². The lowest BCUT2D eigenvalue weighted by Gasteiger charge is -2.13. The van der Waals surface area contributed by atoms with E-state index in [1.54, 1.807) is 12.1 Å². The highest BCUT2D eigenvalue weighted by Crippen LogP contribution is 2.26. The number of benzene rings is 1. The van der Waals surface area contributed by atoms with Crippen LogP contribution in [0.4, 0.5) is 9.52 Å². The smallest absolute Gasteiger partial charge is 0.270 e. The zero-order chi connectivity index (χ0) is 17.9. The Labute approximate surface area is 154 Å². The summed E-state index contributed by atoms with van der Waals surface area (Å²) in [6.07, 6.45) is 3.98. The Morgan fingerprint density at radius 3 is 2.81 bits per heavy atom. The number of thiazole rings is 1. The highest BCUT2D eigenvalue weighted by atomic mass is 32.1. The molecule has 26 heavy (non-hydrogen) atoms. The Bertz CT molecular complexity index is 896. The number of halogens is 1. The van der Waals surface area contributed by atoms with Crippen LogP contribution in [-0.2, 0) is 6.54 Å². The van der Waals surface area contributed by atoms with Crippen molar-refractivity contribution >= 4 is 22.4 Å². The maximum Gasteiger partial charge on any atom is 0.270 e. The number of carbonyl (C=O) groups is 1. The molecule has 0 unspecified atom stereocenters. The van der Waals surface area contributed by atoms with Crippen molar-refractivity contribution in [1.29, 1.82) is 0 Å². The fourth-order valence-corrected chi connectivity index (χ4v) is 3.74. The number of nitrogens with zero attached hydrogens (tertiary/aromatic N) is 2. The first-order valence-electron chi connectivity index (χ1n) is 8.61. The van der Waals surface area contributed by atoms with Gasteiger partial charge in [0.25, 0.3) is 5.91 Å². The maximum atomic E-state index is 12.9. The van der Waals surface area contributed by atoms with Crippen molar-refractivity contribution in [3.8, 4) is 11.3 Å². The summed E-state index contributed by atoms with van der Waals surface area (Å²) >= 11 is 1.50. The number of carbonyl (C=O) groups excluding carboxylic acids is 1. The minimum atomic E-state index is -0.239. The van der Waals surface area contributed by atoms with E-state index in [0.29, 0.717) is 12.2 Å². The van der Waals surface area contributed by atoms with Gasteiger partial charge in [0.2, 0.25) is 0 Å². The van der Waals surface area contributed by atoms with Gasteiger partial charge in [0.05, 0.1) is 5.69 Å². The fraction of sp³-hybridized carbons (Fsp3) is 0.263. The summed E-state index contributed by atoms with van der Waals surface area (Å²) in [6.45, 7) is 2.25. The summed E-state index contributed by atoms with van der Waals surface area (Å²) in [4.78, 5) is 21.9. The average Bonchev–Trinajstić information content (AvgIpc) is 3.41. The summed E-state index contributed by atoms with van der Waals surface area (Å²) in [5, 5.41) is 5.99. The van der Waals surface area contributed by atoms with Crippen molar-refractivity contribution in [2.45, 2.75) is 19.4 Å². The van der Waals surface area contributed by atoms with Gasteiger partial charge in [-0.3, -0.25) is 4.79 Å². The average molecular weight is 370 g/mol. The van der Waals surface area contributed by atoms with Gasteiger partial charge in [-0.1, -0.05) is 12.1 Å². The van der Waals surface area contributed by atoms with Crippen LogP contribution >= 0.6 is 11.3 Å². The molecule has 5 nitrogen and oxygen atoms in total. The zero-order valence-corrected chi connectivity index (χ0v) is 15.0. The molecule has 0 spiro atoms. The van der Waals surface area contributed by atoms with E-state index in [2.05, 4.69) is 15.3 Å². The molecule has 134 valence electrons. The van der Waals surface area contributed by atoms with Crippen molar-refractivity contribution in [1.82, 2.24) is 14.9 Å². The second-order valence-corrected chi connectivity index (χ2v) is 7.18. The molecule has 7 heteroatoms. The van der Waals surface area contributed by atoms with Gasteiger partial charge in [-0.05, 0) is 36.6 Å². The van der Waals surface area contributed by atoms with Gasteiger partial charge in [0.15, 0.2) is 5.13 Å². The van der Waals surface area contributed by atoms with E-state index in [9.17, 15) is 9.18 Å². The van der Waals surface area contributed by atoms with Crippen molar-refractivity contribution in [2.24, 2.45) is 0 Å². The largest absolute Gasteiger partial charge is 0.357 e. The van der Waals surface area contributed by atoms with Crippen molar-refractivity contribution < 1.29 is 9.18 Å². The summed E-state index contributed by atoms with van der Waals surface area (Å²) in [5.41, 5.74) is 3.32. The van der Waals surface area contributed by atoms with E-state index in [1.807, 2.05) is 22.5 Å². The van der Waals surface area contributed by atoms with Crippen LogP contribution in [0.25, 0.3) is 11.3 Å². The van der Waals surface area contributed by atoms with E-state index in [4.69, 9.17) is 0 Å². The van der Waals surface area contributed by atoms with Gasteiger partial charge < -0.3 is 15.2 Å². The van der Waals surface area contributed by atoms with Crippen molar-refractivity contribution in [3.05, 3.63) is 59.0 Å². The van der Waals surface area contributed by atoms with E-state index >= 15 is 0 Å². The SMILES string of the molecule is O=C(c1cc(-c2csc(NCc3ccc(F)cc3)n2)c[nH]1)N1CCCC1. The number of aromatic amines is 1.